The molecule has 1 aliphatic rings. The molecule has 0 radical (unpaired) electrons. The first kappa shape index (κ1) is 11.7. The minimum atomic E-state index is -3.46. The van der Waals surface area contributed by atoms with Crippen molar-refractivity contribution in [3.63, 3.8) is 0 Å². The van der Waals surface area contributed by atoms with Crippen LogP contribution in [0.1, 0.15) is 5.56 Å². The van der Waals surface area contributed by atoms with Crippen LogP contribution in [0.15, 0.2) is 39.8 Å². The molecule has 6 heteroatoms. The van der Waals surface area contributed by atoms with Crippen molar-refractivity contribution in [3.8, 4) is 5.75 Å². The van der Waals surface area contributed by atoms with Crippen molar-refractivity contribution >= 4 is 16.2 Å². The largest absolute Gasteiger partial charge is 0.496 e. The zero-order chi connectivity index (χ0) is 12.3. The fourth-order valence-electron chi connectivity index (χ4n) is 1.39. The Labute approximate surface area is 99.4 Å². The summed E-state index contributed by atoms with van der Waals surface area (Å²) in [7, 11) is -1.90. The fourth-order valence-corrected chi connectivity index (χ4v) is 2.12. The Kier molecular flexibility index (Phi) is 3.14. The molecule has 0 amide bonds. The van der Waals surface area contributed by atoms with Gasteiger partial charge in [0.05, 0.1) is 18.7 Å². The summed E-state index contributed by atoms with van der Waals surface area (Å²) in [4.78, 5) is 0. The highest BCUT2D eigenvalue weighted by atomic mass is 32.2. The second-order valence-electron chi connectivity index (χ2n) is 3.37. The van der Waals surface area contributed by atoms with Crippen LogP contribution in [-0.2, 0) is 21.4 Å². The van der Waals surface area contributed by atoms with Crippen LogP contribution in [0.4, 0.5) is 0 Å². The smallest absolute Gasteiger partial charge is 0.279 e. The number of nitrogens with zero attached hydrogens (tertiary/aromatic N) is 1. The number of allylic oxidation sites excluding steroid dienone is 1. The molecule has 0 saturated carbocycles. The van der Waals surface area contributed by atoms with Crippen molar-refractivity contribution in [2.75, 3.05) is 7.11 Å². The number of methoxy groups -OCH3 is 1. The first-order chi connectivity index (χ1) is 8.11. The molecule has 1 heterocycles. The topological polar surface area (TPSA) is 65.0 Å². The molecular weight excluding hydrogens is 242 g/mol. The summed E-state index contributed by atoms with van der Waals surface area (Å²) in [5.74, 6) is 0.932. The second-order valence-corrected chi connectivity index (χ2v) is 4.85. The van der Waals surface area contributed by atoms with Crippen molar-refractivity contribution in [2.45, 2.75) is 6.61 Å². The molecule has 1 aromatic carbocycles. The van der Waals surface area contributed by atoms with Crippen LogP contribution in [-0.4, -0.2) is 21.7 Å². The summed E-state index contributed by atoms with van der Waals surface area (Å²) >= 11 is 0. The van der Waals surface area contributed by atoms with E-state index in [1.807, 2.05) is 24.3 Å². The fraction of sp³-hybridized carbons (Fsp3) is 0.182. The van der Waals surface area contributed by atoms with Gasteiger partial charge in [0.1, 0.15) is 12.4 Å². The van der Waals surface area contributed by atoms with Gasteiger partial charge in [-0.25, -0.2) is 0 Å². The van der Waals surface area contributed by atoms with Crippen LogP contribution in [0.3, 0.4) is 0 Å². The van der Waals surface area contributed by atoms with E-state index in [9.17, 15) is 8.42 Å². The quantitative estimate of drug-likeness (QED) is 0.815. The van der Waals surface area contributed by atoms with E-state index < -0.39 is 10.0 Å². The zero-order valence-electron chi connectivity index (χ0n) is 9.16. The number of ether oxygens (including phenoxy) is 2. The van der Waals surface area contributed by atoms with Gasteiger partial charge >= 0.3 is 0 Å². The van der Waals surface area contributed by atoms with Gasteiger partial charge in [0, 0.05) is 5.56 Å². The number of para-hydroxylation sites is 1. The normalized spacial score (nSPS) is 16.6. The maximum Gasteiger partial charge on any atom is 0.279 e. The van der Waals surface area contributed by atoms with E-state index in [0.29, 0.717) is 5.75 Å². The lowest BCUT2D eigenvalue weighted by Crippen LogP contribution is -1.96. The molecular formula is C11H11NO4S. The Morgan fingerprint density at radius 2 is 2.06 bits per heavy atom. The molecule has 0 aromatic heterocycles. The molecule has 5 nitrogen and oxygen atoms in total. The lowest BCUT2D eigenvalue weighted by atomic mass is 10.2. The van der Waals surface area contributed by atoms with Gasteiger partial charge in [0.25, 0.3) is 10.0 Å². The summed E-state index contributed by atoms with van der Waals surface area (Å²) < 4.78 is 35.8. The van der Waals surface area contributed by atoms with Crippen molar-refractivity contribution in [2.24, 2.45) is 4.40 Å². The average Bonchev–Trinajstić information content (AvgIpc) is 2.67. The minimum Gasteiger partial charge on any atom is -0.496 e. The first-order valence-electron chi connectivity index (χ1n) is 4.87. The van der Waals surface area contributed by atoms with E-state index in [1.165, 1.54) is 6.21 Å². The molecule has 0 atom stereocenters. The zero-order valence-corrected chi connectivity index (χ0v) is 9.98. The minimum absolute atomic E-state index is 0.232. The standard InChI is InChI=1S/C11H11NO4S/c1-15-11-5-3-2-4-9(11)7-16-10-6-12-17(13,14)8-10/h2-6,8H,7H2,1H3. The summed E-state index contributed by atoms with van der Waals surface area (Å²) in [5, 5.41) is 0.989. The molecule has 0 aliphatic carbocycles. The van der Waals surface area contributed by atoms with Crippen LogP contribution in [0.25, 0.3) is 0 Å². The number of rotatable bonds is 4. The molecule has 90 valence electrons. The van der Waals surface area contributed by atoms with Gasteiger partial charge in [-0.1, -0.05) is 18.2 Å². The predicted octanol–water partition coefficient (Wildman–Crippen LogP) is 1.47. The van der Waals surface area contributed by atoms with Crippen LogP contribution >= 0.6 is 0 Å². The van der Waals surface area contributed by atoms with E-state index in [1.54, 1.807) is 7.11 Å². The molecule has 0 unspecified atom stereocenters. The van der Waals surface area contributed by atoms with Crippen molar-refractivity contribution in [1.82, 2.24) is 0 Å². The Hall–Kier alpha value is -1.82. The first-order valence-corrected chi connectivity index (χ1v) is 6.38. The molecule has 0 bridgehead atoms. The molecule has 0 fully saturated rings. The van der Waals surface area contributed by atoms with Crippen LogP contribution in [0, 0.1) is 0 Å². The predicted molar refractivity (Wildman–Crippen MR) is 63.3 cm³/mol. The Morgan fingerprint density at radius 3 is 2.71 bits per heavy atom. The summed E-state index contributed by atoms with van der Waals surface area (Å²) in [5.41, 5.74) is 0.841. The molecule has 0 N–H and O–H groups in total. The highest BCUT2D eigenvalue weighted by molar-refractivity contribution is 7.93. The molecule has 2 rings (SSSR count). The average molecular weight is 253 g/mol. The number of hydrogen-bond acceptors (Lipinski definition) is 4. The molecule has 0 spiro atoms. The van der Waals surface area contributed by atoms with Gasteiger partial charge in [-0.15, -0.1) is 0 Å². The van der Waals surface area contributed by atoms with Crippen molar-refractivity contribution in [3.05, 3.63) is 41.0 Å². The van der Waals surface area contributed by atoms with E-state index in [2.05, 4.69) is 4.40 Å². The van der Waals surface area contributed by atoms with E-state index in [0.717, 1.165) is 11.0 Å². The molecule has 17 heavy (non-hydrogen) atoms. The van der Waals surface area contributed by atoms with Crippen LogP contribution < -0.4 is 4.74 Å². The maximum atomic E-state index is 11.0. The molecule has 1 aliphatic heterocycles. The number of benzene rings is 1. The van der Waals surface area contributed by atoms with Gasteiger partial charge < -0.3 is 9.47 Å². The highest BCUT2D eigenvalue weighted by Gasteiger charge is 2.14. The van der Waals surface area contributed by atoms with Crippen LogP contribution in [0.5, 0.6) is 5.75 Å². The Balaban J connectivity index is 2.07. The Morgan fingerprint density at radius 1 is 1.29 bits per heavy atom. The second kappa shape index (κ2) is 4.58. The maximum absolute atomic E-state index is 11.0. The van der Waals surface area contributed by atoms with Crippen LogP contribution in [0.2, 0.25) is 0 Å². The van der Waals surface area contributed by atoms with Crippen molar-refractivity contribution < 1.29 is 17.9 Å². The summed E-state index contributed by atoms with van der Waals surface area (Å²) in [6.07, 6.45) is 1.19. The molecule has 1 aromatic rings. The number of hydrogen-bond donors (Lipinski definition) is 0. The van der Waals surface area contributed by atoms with Gasteiger partial charge in [-0.2, -0.15) is 12.8 Å². The van der Waals surface area contributed by atoms with E-state index >= 15 is 0 Å². The van der Waals surface area contributed by atoms with E-state index in [4.69, 9.17) is 9.47 Å². The third kappa shape index (κ3) is 2.85. The lowest BCUT2D eigenvalue weighted by molar-refractivity contribution is 0.216. The Bertz CT molecular complexity index is 575. The van der Waals surface area contributed by atoms with E-state index in [-0.39, 0.29) is 12.4 Å². The van der Waals surface area contributed by atoms with Gasteiger partial charge in [-0.3, -0.25) is 0 Å². The highest BCUT2D eigenvalue weighted by Crippen LogP contribution is 2.20. The monoisotopic (exact) mass is 253 g/mol. The third-order valence-corrected chi connectivity index (χ3v) is 3.11. The van der Waals surface area contributed by atoms with Gasteiger partial charge in [0.2, 0.25) is 0 Å². The third-order valence-electron chi connectivity index (χ3n) is 2.18. The summed E-state index contributed by atoms with van der Waals surface area (Å²) in [6, 6.07) is 7.37. The van der Waals surface area contributed by atoms with Gasteiger partial charge in [0.15, 0.2) is 5.76 Å². The summed E-state index contributed by atoms with van der Waals surface area (Å²) in [6.45, 7) is 0.234. The number of sulfonamides is 1. The molecule has 0 saturated heterocycles. The van der Waals surface area contributed by atoms with Gasteiger partial charge in [-0.05, 0) is 6.07 Å². The SMILES string of the molecule is COc1ccccc1COC1=CS(=O)(=O)N=C1. The lowest BCUT2D eigenvalue weighted by Gasteiger charge is -2.08. The van der Waals surface area contributed by atoms with Crippen molar-refractivity contribution in [1.29, 1.82) is 0 Å².